The lowest BCUT2D eigenvalue weighted by atomic mass is 9.78. The van der Waals surface area contributed by atoms with Gasteiger partial charge in [-0.25, -0.2) is 29.9 Å². The first-order valence-electron chi connectivity index (χ1n) is 44.9. The predicted molar refractivity (Wildman–Crippen MR) is 575 cm³/mol. The third-order valence-electron chi connectivity index (χ3n) is 26.5. The summed E-state index contributed by atoms with van der Waals surface area (Å²) in [5, 5.41) is 32.1. The van der Waals surface area contributed by atoms with Crippen LogP contribution in [0.2, 0.25) is 5.02 Å². The first kappa shape index (κ1) is 82.5. The van der Waals surface area contributed by atoms with Gasteiger partial charge in [0.1, 0.15) is 0 Å². The van der Waals surface area contributed by atoms with Crippen LogP contribution in [-0.2, 0) is 9.31 Å². The van der Waals surface area contributed by atoms with Gasteiger partial charge in [-0.3, -0.25) is 0 Å². The number of benzene rings is 21. The summed E-state index contributed by atoms with van der Waals surface area (Å²) in [5.74, 6) is 3.95. The fraction of sp³-hybridized carbons (Fsp3) is 0.0500. The molecule has 6 heterocycles. The van der Waals surface area contributed by atoms with Gasteiger partial charge in [0.15, 0.2) is 34.9 Å². The Morgan fingerprint density at radius 3 is 0.925 bits per heavy atom. The molecular formula is C120H79BBrClN6O2S3. The SMILES string of the molecule is Brc1ccccc1-c1nc(-c2ccccc2)nc(-c2ccccc2)n1.CC1(C)OB(c2ccc3c(ccc4c5sc6ccccc6c5c5ccccc5c34)c2)OC1(C)C.Clc1ccc2c(ccc3c4sc5ccccc5c4c4ccccc4c23)c1.c1ccc(-c2nc(-c3ccccc3)nc(-c3ccccc3-c3ccc4c(ccc5c6sc7ccccc7c6c6ccccc6c45)c3)n2)cc1. The Hall–Kier alpha value is -14.6. The molecule has 27 rings (SSSR count). The number of nitrogens with zero attached hydrogens (tertiary/aromatic N) is 6. The lowest BCUT2D eigenvalue weighted by Crippen LogP contribution is -2.41. The second-order valence-corrected chi connectivity index (χ2v) is 39.4. The largest absolute Gasteiger partial charge is 0.494 e. The number of thiophene rings is 3. The molecule has 8 nitrogen and oxygen atoms in total. The van der Waals surface area contributed by atoms with Crippen molar-refractivity contribution < 1.29 is 9.31 Å². The third kappa shape index (κ3) is 14.6. The molecule has 0 unspecified atom stereocenters. The van der Waals surface area contributed by atoms with Crippen molar-refractivity contribution in [2.24, 2.45) is 0 Å². The minimum atomic E-state index is -0.355. The summed E-state index contributed by atoms with van der Waals surface area (Å²) in [5.41, 5.74) is 8.34. The van der Waals surface area contributed by atoms with Crippen LogP contribution in [0, 0.1) is 0 Å². The van der Waals surface area contributed by atoms with Crippen molar-refractivity contribution in [3.05, 3.63) is 416 Å². The number of halogens is 2. The van der Waals surface area contributed by atoms with Gasteiger partial charge >= 0.3 is 7.12 Å². The first-order valence-corrected chi connectivity index (χ1v) is 48.5. The highest BCUT2D eigenvalue weighted by Crippen LogP contribution is 2.51. The minimum Gasteiger partial charge on any atom is -0.399 e. The molecule has 21 aromatic carbocycles. The van der Waals surface area contributed by atoms with Crippen LogP contribution in [0.1, 0.15) is 27.7 Å². The van der Waals surface area contributed by atoms with Crippen molar-refractivity contribution >= 4 is 232 Å². The summed E-state index contributed by atoms with van der Waals surface area (Å²) in [7, 11) is -0.355. The second kappa shape index (κ2) is 33.9. The molecule has 5 aromatic heterocycles. The minimum absolute atomic E-state index is 0.348. The Kier molecular flexibility index (Phi) is 20.9. The summed E-state index contributed by atoms with van der Waals surface area (Å²) in [6.07, 6.45) is 0. The zero-order valence-corrected chi connectivity index (χ0v) is 78.0. The molecule has 0 bridgehead atoms. The Balaban J connectivity index is 0.000000102. The van der Waals surface area contributed by atoms with Crippen LogP contribution in [0.3, 0.4) is 0 Å². The fourth-order valence-corrected chi connectivity index (χ4v) is 23.8. The maximum Gasteiger partial charge on any atom is 0.494 e. The van der Waals surface area contributed by atoms with Gasteiger partial charge in [0.2, 0.25) is 0 Å². The maximum absolute atomic E-state index is 6.33. The van der Waals surface area contributed by atoms with E-state index in [0.29, 0.717) is 34.9 Å². The highest BCUT2D eigenvalue weighted by atomic mass is 79.9. The van der Waals surface area contributed by atoms with E-state index in [2.05, 4.69) is 298 Å². The van der Waals surface area contributed by atoms with E-state index in [1.165, 1.54) is 157 Å². The van der Waals surface area contributed by atoms with E-state index < -0.39 is 0 Å². The smallest absolute Gasteiger partial charge is 0.399 e. The van der Waals surface area contributed by atoms with E-state index in [-0.39, 0.29) is 18.3 Å². The molecule has 0 atom stereocenters. The van der Waals surface area contributed by atoms with Gasteiger partial charge in [-0.15, -0.1) is 34.0 Å². The van der Waals surface area contributed by atoms with E-state index >= 15 is 0 Å². The molecule has 1 saturated heterocycles. The van der Waals surface area contributed by atoms with Crippen LogP contribution < -0.4 is 5.46 Å². The molecule has 1 aliphatic heterocycles. The van der Waals surface area contributed by atoms with Gasteiger partial charge < -0.3 is 9.31 Å². The Bertz CT molecular complexity index is 9090. The third-order valence-corrected chi connectivity index (χ3v) is 31.0. The standard InChI is InChI=1S/C45H27N3S.C30H25BO2S.C24H13ClS.C21H14BrN3/c1-3-13-28(14-4-1)43-46-44(29-15-5-2-6-16-29)48-45(47-43)36-20-10-7-17-32(36)30-23-25-33-31(27-30)24-26-38-40(33)34-18-8-9-19-35(34)41-37-21-11-12-22-39(37)49-42(38)41;1-29(2)30(3,4)33-31(32-29)19-14-16-20-18(17-19)13-15-24-26(20)21-9-5-6-10-22(21)27-23-11-7-8-12-25(23)34-28(24)27;25-15-10-12-16-14(13-15)9-11-20-22(16)17-5-1-2-6-18(17)23-19-7-3-4-8-21(19)26-24(20)23;22-18-14-8-7-13-17(18)21-24-19(15-9-3-1-4-10-15)23-20(25-21)16-11-5-2-6-12-16/h1-27H;5-17H,1-4H3;1-13H;1-14H. The Labute approximate surface area is 798 Å². The van der Waals surface area contributed by atoms with Gasteiger partial charge in [0.05, 0.1) is 11.2 Å². The Morgan fingerprint density at radius 2 is 0.530 bits per heavy atom. The van der Waals surface area contributed by atoms with Gasteiger partial charge in [0.25, 0.3) is 0 Å². The predicted octanol–water partition coefficient (Wildman–Crippen LogP) is 34.0. The van der Waals surface area contributed by atoms with Crippen molar-refractivity contribution in [1.82, 2.24) is 29.9 Å². The molecule has 0 N–H and O–H groups in total. The van der Waals surface area contributed by atoms with Crippen molar-refractivity contribution in [3.63, 3.8) is 0 Å². The van der Waals surface area contributed by atoms with Crippen LogP contribution in [0.15, 0.2) is 411 Å². The van der Waals surface area contributed by atoms with E-state index in [4.69, 9.17) is 50.8 Å². The van der Waals surface area contributed by atoms with Crippen LogP contribution in [0.4, 0.5) is 0 Å². The first-order chi connectivity index (χ1) is 65.8. The van der Waals surface area contributed by atoms with Gasteiger partial charge in [-0.1, -0.05) is 392 Å². The number of hydrogen-bond donors (Lipinski definition) is 0. The van der Waals surface area contributed by atoms with Crippen LogP contribution in [0.5, 0.6) is 0 Å². The van der Waals surface area contributed by atoms with Crippen LogP contribution in [-0.4, -0.2) is 48.2 Å². The molecule has 14 heteroatoms. The van der Waals surface area contributed by atoms with Crippen molar-refractivity contribution in [2.75, 3.05) is 0 Å². The van der Waals surface area contributed by atoms with Crippen molar-refractivity contribution in [3.8, 4) is 79.5 Å². The molecule has 0 saturated carbocycles. The lowest BCUT2D eigenvalue weighted by Gasteiger charge is -2.32. The maximum atomic E-state index is 6.33. The van der Waals surface area contributed by atoms with E-state index in [1.54, 1.807) is 0 Å². The van der Waals surface area contributed by atoms with E-state index in [1.807, 2.05) is 186 Å². The number of hydrogen-bond acceptors (Lipinski definition) is 11. The van der Waals surface area contributed by atoms with Gasteiger partial charge in [-0.05, 0) is 168 Å². The van der Waals surface area contributed by atoms with Gasteiger partial charge in [0, 0.05) is 120 Å². The zero-order valence-electron chi connectivity index (χ0n) is 73.2. The lowest BCUT2D eigenvalue weighted by molar-refractivity contribution is 0.00578. The molecule has 0 radical (unpaired) electrons. The van der Waals surface area contributed by atoms with Crippen molar-refractivity contribution in [2.45, 2.75) is 38.9 Å². The number of aromatic nitrogens is 6. The fourth-order valence-electron chi connectivity index (χ4n) is 19.4. The molecule has 134 heavy (non-hydrogen) atoms. The topological polar surface area (TPSA) is 95.8 Å². The van der Waals surface area contributed by atoms with Crippen LogP contribution >= 0.6 is 61.5 Å². The monoisotopic (exact) mass is 1860 g/mol. The quantitative estimate of drug-likeness (QED) is 0.110. The summed E-state index contributed by atoms with van der Waals surface area (Å²) in [4.78, 5) is 29.1. The van der Waals surface area contributed by atoms with E-state index in [0.717, 1.165) is 59.5 Å². The number of rotatable bonds is 8. The molecule has 0 spiro atoms. The highest BCUT2D eigenvalue weighted by Gasteiger charge is 2.52. The highest BCUT2D eigenvalue weighted by molar-refractivity contribution is 9.10. The summed E-state index contributed by atoms with van der Waals surface area (Å²) in [6, 6.07) is 143. The average Bonchev–Trinajstić information content (AvgIpc) is 1.52. The van der Waals surface area contributed by atoms with Crippen molar-refractivity contribution in [1.29, 1.82) is 0 Å². The molecule has 26 aromatic rings. The summed E-state index contributed by atoms with van der Waals surface area (Å²) in [6.45, 7) is 8.40. The molecule has 0 amide bonds. The number of fused-ring (bicyclic) bond motifs is 30. The summed E-state index contributed by atoms with van der Waals surface area (Å²) < 4.78 is 21.7. The van der Waals surface area contributed by atoms with E-state index in [9.17, 15) is 0 Å². The molecule has 1 aliphatic rings. The Morgan fingerprint density at radius 1 is 0.239 bits per heavy atom. The molecule has 636 valence electrons. The van der Waals surface area contributed by atoms with Gasteiger partial charge in [-0.2, -0.15) is 0 Å². The molecular weight excluding hydrogens is 1780 g/mol. The van der Waals surface area contributed by atoms with Crippen LogP contribution in [0.25, 0.3) is 237 Å². The molecule has 0 aliphatic carbocycles. The second-order valence-electron chi connectivity index (χ2n) is 35.0. The summed E-state index contributed by atoms with van der Waals surface area (Å²) >= 11 is 15.5. The zero-order chi connectivity index (χ0) is 89.9. The molecule has 1 fully saturated rings. The normalized spacial score (nSPS) is 13.0. The average molecular weight is 1860 g/mol.